The van der Waals surface area contributed by atoms with Crippen LogP contribution in [0.1, 0.15) is 28.8 Å². The summed E-state index contributed by atoms with van der Waals surface area (Å²) in [4.78, 5) is 8.79. The zero-order valence-electron chi connectivity index (χ0n) is 17.1. The second-order valence-corrected chi connectivity index (χ2v) is 8.02. The number of nitrogens with one attached hydrogen (secondary N) is 1. The highest BCUT2D eigenvalue weighted by Crippen LogP contribution is 2.50. The van der Waals surface area contributed by atoms with Gasteiger partial charge < -0.3 is 14.8 Å². The molecule has 2 unspecified atom stereocenters. The van der Waals surface area contributed by atoms with Crippen LogP contribution in [-0.4, -0.2) is 26.9 Å². The van der Waals surface area contributed by atoms with Gasteiger partial charge in [0, 0.05) is 28.6 Å². The first kappa shape index (κ1) is 18.9. The molecule has 0 fully saturated rings. The molecule has 0 spiro atoms. The first-order chi connectivity index (χ1) is 15.7. The minimum atomic E-state index is -0.361. The van der Waals surface area contributed by atoms with E-state index in [-0.39, 0.29) is 12.1 Å². The fraction of sp³-hybridized carbons (Fsp3) is 0.125. The van der Waals surface area contributed by atoms with E-state index in [0.717, 1.165) is 39.5 Å². The van der Waals surface area contributed by atoms with Gasteiger partial charge in [-0.05, 0) is 47.5 Å². The van der Waals surface area contributed by atoms with Gasteiger partial charge in [-0.3, -0.25) is 4.98 Å². The smallest absolute Gasteiger partial charge is 0.226 e. The van der Waals surface area contributed by atoms with Crippen molar-refractivity contribution in [1.29, 1.82) is 0 Å². The number of benzene rings is 2. The van der Waals surface area contributed by atoms with Gasteiger partial charge in [0.1, 0.15) is 30.0 Å². The Kier molecular flexibility index (Phi) is 4.36. The molecule has 4 aromatic rings. The summed E-state index contributed by atoms with van der Waals surface area (Å²) >= 11 is 6.36. The number of nitrogens with zero attached hydrogens (tertiary/aromatic N) is 4. The molecule has 4 heterocycles. The van der Waals surface area contributed by atoms with Gasteiger partial charge in [0.2, 0.25) is 5.95 Å². The topological polar surface area (TPSA) is 74.1 Å². The summed E-state index contributed by atoms with van der Waals surface area (Å²) < 4.78 is 13.8. The van der Waals surface area contributed by atoms with Crippen molar-refractivity contribution in [3.05, 3.63) is 101 Å². The number of rotatable bonds is 3. The number of hydrogen-bond acceptors (Lipinski definition) is 6. The molecule has 8 heteroatoms. The third-order valence-electron chi connectivity index (χ3n) is 5.79. The number of methoxy groups -OCH3 is 1. The van der Waals surface area contributed by atoms with Crippen LogP contribution in [-0.2, 0) is 0 Å². The molecule has 0 aliphatic carbocycles. The molecule has 0 saturated carbocycles. The van der Waals surface area contributed by atoms with E-state index in [9.17, 15) is 0 Å². The summed E-state index contributed by atoms with van der Waals surface area (Å²) in [6, 6.07) is 17.3. The minimum absolute atomic E-state index is 0.253. The van der Waals surface area contributed by atoms with Gasteiger partial charge in [0.25, 0.3) is 0 Å². The molecule has 158 valence electrons. The molecule has 0 radical (unpaired) electrons. The number of aromatic nitrogens is 4. The van der Waals surface area contributed by atoms with Crippen molar-refractivity contribution in [2.45, 2.75) is 12.1 Å². The van der Waals surface area contributed by atoms with Crippen LogP contribution in [0.4, 0.5) is 5.95 Å². The standard InChI is InChI=1S/C24H18ClN5O2/c1-31-17-7-4-14(5-8-17)23-20-21(18-11-16(25)6-9-19(18)32-23)29-24-27-13-28-30(24)22(20)15-3-2-10-26-12-15/h2-13,22-23H,1H3,(H,27,28,29). The van der Waals surface area contributed by atoms with Gasteiger partial charge in [-0.25, -0.2) is 4.68 Å². The van der Waals surface area contributed by atoms with Crippen LogP contribution in [0.2, 0.25) is 5.02 Å². The maximum absolute atomic E-state index is 6.58. The summed E-state index contributed by atoms with van der Waals surface area (Å²) in [6.45, 7) is 0. The van der Waals surface area contributed by atoms with E-state index in [1.165, 1.54) is 0 Å². The number of anilines is 1. The van der Waals surface area contributed by atoms with E-state index in [1.54, 1.807) is 19.6 Å². The Bertz CT molecular complexity index is 1330. The molecule has 2 atom stereocenters. The Hall–Kier alpha value is -3.84. The fourth-order valence-electron chi connectivity index (χ4n) is 4.35. The van der Waals surface area contributed by atoms with Crippen LogP contribution < -0.4 is 14.8 Å². The lowest BCUT2D eigenvalue weighted by Crippen LogP contribution is -2.32. The summed E-state index contributed by atoms with van der Waals surface area (Å²) in [7, 11) is 1.66. The first-order valence-corrected chi connectivity index (χ1v) is 10.5. The molecule has 2 aliphatic heterocycles. The Labute approximate surface area is 189 Å². The first-order valence-electron chi connectivity index (χ1n) is 10.1. The third-order valence-corrected chi connectivity index (χ3v) is 6.03. The molecule has 32 heavy (non-hydrogen) atoms. The van der Waals surface area contributed by atoms with E-state index in [0.29, 0.717) is 11.0 Å². The summed E-state index contributed by atoms with van der Waals surface area (Å²) in [6.07, 6.45) is 4.80. The van der Waals surface area contributed by atoms with Gasteiger partial charge in [-0.2, -0.15) is 10.1 Å². The van der Waals surface area contributed by atoms with Crippen LogP contribution in [0.5, 0.6) is 11.5 Å². The Morgan fingerprint density at radius 3 is 2.75 bits per heavy atom. The summed E-state index contributed by atoms with van der Waals surface area (Å²) in [5, 5.41) is 8.62. The lowest BCUT2D eigenvalue weighted by molar-refractivity contribution is 0.223. The van der Waals surface area contributed by atoms with Gasteiger partial charge in [0.05, 0.1) is 12.8 Å². The molecule has 2 aliphatic rings. The van der Waals surface area contributed by atoms with Crippen molar-refractivity contribution in [3.8, 4) is 11.5 Å². The number of halogens is 1. The molecule has 2 aromatic carbocycles. The number of pyridine rings is 1. The lowest BCUT2D eigenvalue weighted by Gasteiger charge is -2.38. The Morgan fingerprint density at radius 2 is 1.97 bits per heavy atom. The minimum Gasteiger partial charge on any atom is -0.497 e. The average molecular weight is 444 g/mol. The van der Waals surface area contributed by atoms with E-state index in [2.05, 4.69) is 20.4 Å². The second-order valence-electron chi connectivity index (χ2n) is 7.58. The van der Waals surface area contributed by atoms with Gasteiger partial charge >= 0.3 is 0 Å². The largest absolute Gasteiger partial charge is 0.497 e. The van der Waals surface area contributed by atoms with Crippen molar-refractivity contribution in [2.24, 2.45) is 0 Å². The molecule has 6 rings (SSSR count). The predicted molar refractivity (Wildman–Crippen MR) is 121 cm³/mol. The maximum atomic E-state index is 6.58. The highest BCUT2D eigenvalue weighted by molar-refractivity contribution is 6.30. The Balaban J connectivity index is 1.61. The highest BCUT2D eigenvalue weighted by Gasteiger charge is 2.41. The molecule has 0 bridgehead atoms. The fourth-order valence-corrected chi connectivity index (χ4v) is 4.53. The van der Waals surface area contributed by atoms with Gasteiger partial charge in [-0.1, -0.05) is 29.8 Å². The van der Waals surface area contributed by atoms with Crippen LogP contribution in [0.25, 0.3) is 5.70 Å². The molecule has 1 N–H and O–H groups in total. The van der Waals surface area contributed by atoms with Crippen molar-refractivity contribution in [1.82, 2.24) is 19.7 Å². The molecule has 0 amide bonds. The average Bonchev–Trinajstić information content (AvgIpc) is 3.31. The molecular formula is C24H18ClN5O2. The number of ether oxygens (including phenoxy) is 2. The van der Waals surface area contributed by atoms with E-state index in [4.69, 9.17) is 21.1 Å². The van der Waals surface area contributed by atoms with E-state index in [1.807, 2.05) is 65.5 Å². The highest BCUT2D eigenvalue weighted by atomic mass is 35.5. The van der Waals surface area contributed by atoms with Crippen LogP contribution >= 0.6 is 11.6 Å². The van der Waals surface area contributed by atoms with Crippen molar-refractivity contribution in [2.75, 3.05) is 12.4 Å². The lowest BCUT2D eigenvalue weighted by atomic mass is 9.85. The number of fused-ring (bicyclic) bond motifs is 3. The van der Waals surface area contributed by atoms with Gasteiger partial charge in [0.15, 0.2) is 0 Å². The second kappa shape index (κ2) is 7.39. The van der Waals surface area contributed by atoms with E-state index >= 15 is 0 Å². The normalized spacial score (nSPS) is 18.7. The van der Waals surface area contributed by atoms with Crippen molar-refractivity contribution < 1.29 is 9.47 Å². The molecular weight excluding hydrogens is 426 g/mol. The van der Waals surface area contributed by atoms with Crippen molar-refractivity contribution >= 4 is 23.2 Å². The third kappa shape index (κ3) is 2.93. The zero-order valence-corrected chi connectivity index (χ0v) is 17.8. The monoisotopic (exact) mass is 443 g/mol. The van der Waals surface area contributed by atoms with E-state index < -0.39 is 0 Å². The van der Waals surface area contributed by atoms with Crippen LogP contribution in [0.15, 0.2) is 78.9 Å². The van der Waals surface area contributed by atoms with Gasteiger partial charge in [-0.15, -0.1) is 0 Å². The Morgan fingerprint density at radius 1 is 1.09 bits per heavy atom. The quantitative estimate of drug-likeness (QED) is 0.485. The number of hydrogen-bond donors (Lipinski definition) is 1. The van der Waals surface area contributed by atoms with Crippen molar-refractivity contribution in [3.63, 3.8) is 0 Å². The maximum Gasteiger partial charge on any atom is 0.226 e. The summed E-state index contributed by atoms with van der Waals surface area (Å²) in [5.41, 5.74) is 4.80. The summed E-state index contributed by atoms with van der Waals surface area (Å²) in [5.74, 6) is 2.19. The zero-order chi connectivity index (χ0) is 21.7. The SMILES string of the molecule is COc1ccc(C2Oc3ccc(Cl)cc3C3=C2C(c2cccnc2)n2ncnc2N3)cc1. The molecule has 2 aromatic heterocycles. The van der Waals surface area contributed by atoms with Crippen LogP contribution in [0.3, 0.4) is 0 Å². The molecule has 7 nitrogen and oxygen atoms in total. The predicted octanol–water partition coefficient (Wildman–Crippen LogP) is 4.90. The molecule has 0 saturated heterocycles. The van der Waals surface area contributed by atoms with Crippen LogP contribution in [0, 0.1) is 0 Å².